The first-order valence-electron chi connectivity index (χ1n) is 6.92. The molecule has 2 heterocycles. The number of aromatic nitrogens is 3. The van der Waals surface area contributed by atoms with Gasteiger partial charge >= 0.3 is 5.69 Å². The third-order valence-electron chi connectivity index (χ3n) is 3.25. The largest absolute Gasteiger partial charge is 0.356 e. The molecule has 0 saturated heterocycles. The second-order valence-corrected chi connectivity index (χ2v) is 4.90. The molecule has 0 saturated carbocycles. The fourth-order valence-corrected chi connectivity index (χ4v) is 2.24. The molecule has 0 radical (unpaired) electrons. The summed E-state index contributed by atoms with van der Waals surface area (Å²) in [5.41, 5.74) is 1.40. The first-order valence-corrected chi connectivity index (χ1v) is 6.92. The smallest absolute Gasteiger partial charge is 0.334 e. The highest BCUT2D eigenvalue weighted by atomic mass is 16.6. The zero-order chi connectivity index (χ0) is 15.4. The molecule has 7 heteroatoms. The zero-order valence-corrected chi connectivity index (χ0v) is 12.4. The van der Waals surface area contributed by atoms with Gasteiger partial charge in [-0.05, 0) is 25.5 Å². The van der Waals surface area contributed by atoms with Crippen LogP contribution in [0.3, 0.4) is 0 Å². The summed E-state index contributed by atoms with van der Waals surface area (Å²) in [6, 6.07) is 5.46. The molecule has 1 unspecified atom stereocenters. The molecule has 0 aromatic carbocycles. The molecule has 7 nitrogen and oxygen atoms in total. The van der Waals surface area contributed by atoms with Crippen LogP contribution in [-0.2, 0) is 13.5 Å². The molecule has 2 aromatic rings. The van der Waals surface area contributed by atoms with Gasteiger partial charge in [0.2, 0.25) is 5.82 Å². The number of pyridine rings is 1. The Hall–Kier alpha value is -2.44. The van der Waals surface area contributed by atoms with Crippen molar-refractivity contribution in [3.63, 3.8) is 0 Å². The fraction of sp³-hybridized carbons (Fsp3) is 0.429. The number of hydrogen-bond donors (Lipinski definition) is 1. The Morgan fingerprint density at radius 2 is 2.24 bits per heavy atom. The summed E-state index contributed by atoms with van der Waals surface area (Å²) in [6.07, 6.45) is 3.10. The monoisotopic (exact) mass is 289 g/mol. The van der Waals surface area contributed by atoms with Crippen LogP contribution in [0, 0.1) is 10.1 Å². The van der Waals surface area contributed by atoms with Crippen LogP contribution in [0.15, 0.2) is 24.4 Å². The summed E-state index contributed by atoms with van der Waals surface area (Å²) < 4.78 is 1.53. The molecule has 0 aliphatic carbocycles. The summed E-state index contributed by atoms with van der Waals surface area (Å²) in [5, 5.41) is 18.8. The Morgan fingerprint density at radius 1 is 1.48 bits per heavy atom. The topological polar surface area (TPSA) is 85.9 Å². The molecular weight excluding hydrogens is 270 g/mol. The SMILES string of the molecule is CCCc1nn(C)c(NC(C)c2ccccn2)c1[N+](=O)[O-]. The van der Waals surface area contributed by atoms with E-state index in [1.165, 1.54) is 4.68 Å². The number of aryl methyl sites for hydroxylation is 2. The number of anilines is 1. The lowest BCUT2D eigenvalue weighted by atomic mass is 10.2. The van der Waals surface area contributed by atoms with Crippen LogP contribution < -0.4 is 5.32 Å². The summed E-state index contributed by atoms with van der Waals surface area (Å²) in [5.74, 6) is 0.418. The maximum absolute atomic E-state index is 11.3. The summed E-state index contributed by atoms with van der Waals surface area (Å²) in [7, 11) is 1.71. The van der Waals surface area contributed by atoms with Gasteiger partial charge in [-0.2, -0.15) is 5.10 Å². The molecule has 1 N–H and O–H groups in total. The van der Waals surface area contributed by atoms with Gasteiger partial charge in [0, 0.05) is 13.2 Å². The van der Waals surface area contributed by atoms with E-state index >= 15 is 0 Å². The van der Waals surface area contributed by atoms with Crippen molar-refractivity contribution in [3.8, 4) is 0 Å². The second kappa shape index (κ2) is 6.34. The second-order valence-electron chi connectivity index (χ2n) is 4.90. The van der Waals surface area contributed by atoms with Crippen molar-refractivity contribution in [2.45, 2.75) is 32.7 Å². The standard InChI is InChI=1S/C14H19N5O2/c1-4-7-12-13(19(20)21)14(18(3)17-12)16-10(2)11-8-5-6-9-15-11/h5-6,8-10,16H,4,7H2,1-3H3. The summed E-state index contributed by atoms with van der Waals surface area (Å²) in [6.45, 7) is 3.89. The first-order chi connectivity index (χ1) is 10.0. The van der Waals surface area contributed by atoms with Gasteiger partial charge in [-0.3, -0.25) is 15.1 Å². The molecule has 2 aromatic heterocycles. The van der Waals surface area contributed by atoms with Crippen molar-refractivity contribution < 1.29 is 4.92 Å². The van der Waals surface area contributed by atoms with Crippen molar-refractivity contribution in [2.24, 2.45) is 7.05 Å². The minimum absolute atomic E-state index is 0.0575. The average Bonchev–Trinajstić information content (AvgIpc) is 2.76. The van der Waals surface area contributed by atoms with Crippen molar-refractivity contribution in [1.82, 2.24) is 14.8 Å². The molecule has 0 spiro atoms. The molecule has 21 heavy (non-hydrogen) atoms. The third kappa shape index (κ3) is 3.18. The van der Waals surface area contributed by atoms with Gasteiger partial charge in [0.1, 0.15) is 5.69 Å². The predicted octanol–water partition coefficient (Wildman–Crippen LogP) is 2.85. The zero-order valence-electron chi connectivity index (χ0n) is 12.4. The number of rotatable bonds is 6. The van der Waals surface area contributed by atoms with Gasteiger partial charge in [0.05, 0.1) is 16.7 Å². The molecule has 0 amide bonds. The molecule has 0 bridgehead atoms. The van der Waals surface area contributed by atoms with E-state index in [-0.39, 0.29) is 16.7 Å². The van der Waals surface area contributed by atoms with Crippen molar-refractivity contribution in [3.05, 3.63) is 45.9 Å². The van der Waals surface area contributed by atoms with E-state index in [4.69, 9.17) is 0 Å². The Balaban J connectivity index is 2.33. The summed E-state index contributed by atoms with van der Waals surface area (Å²) in [4.78, 5) is 15.2. The van der Waals surface area contributed by atoms with Crippen LogP contribution >= 0.6 is 0 Å². The van der Waals surface area contributed by atoms with Crippen molar-refractivity contribution in [1.29, 1.82) is 0 Å². The van der Waals surface area contributed by atoms with E-state index in [2.05, 4.69) is 15.4 Å². The van der Waals surface area contributed by atoms with E-state index in [1.807, 2.05) is 32.0 Å². The molecule has 112 valence electrons. The van der Waals surface area contributed by atoms with E-state index in [1.54, 1.807) is 13.2 Å². The molecule has 0 aliphatic heterocycles. The molecule has 0 aliphatic rings. The van der Waals surface area contributed by atoms with E-state index in [0.29, 0.717) is 17.9 Å². The van der Waals surface area contributed by atoms with Crippen LogP contribution in [0.1, 0.15) is 37.7 Å². The van der Waals surface area contributed by atoms with E-state index in [9.17, 15) is 10.1 Å². The molecular formula is C14H19N5O2. The van der Waals surface area contributed by atoms with Crippen LogP contribution in [0.4, 0.5) is 11.5 Å². The van der Waals surface area contributed by atoms with Crippen LogP contribution in [-0.4, -0.2) is 19.7 Å². The number of nitrogens with zero attached hydrogens (tertiary/aromatic N) is 4. The van der Waals surface area contributed by atoms with Crippen LogP contribution in [0.5, 0.6) is 0 Å². The van der Waals surface area contributed by atoms with Gasteiger partial charge in [-0.1, -0.05) is 19.4 Å². The fourth-order valence-electron chi connectivity index (χ4n) is 2.24. The first kappa shape index (κ1) is 15.0. The minimum Gasteiger partial charge on any atom is -0.356 e. The van der Waals surface area contributed by atoms with Crippen LogP contribution in [0.25, 0.3) is 0 Å². The lowest BCUT2D eigenvalue weighted by Gasteiger charge is -2.13. The Kier molecular flexibility index (Phi) is 4.52. The lowest BCUT2D eigenvalue weighted by Crippen LogP contribution is -2.12. The average molecular weight is 289 g/mol. The number of nitrogens with one attached hydrogen (secondary N) is 1. The van der Waals surface area contributed by atoms with Gasteiger partial charge < -0.3 is 5.32 Å². The normalized spacial score (nSPS) is 12.1. The maximum Gasteiger partial charge on any atom is 0.334 e. The Bertz CT molecular complexity index is 624. The lowest BCUT2D eigenvalue weighted by molar-refractivity contribution is -0.384. The minimum atomic E-state index is -0.370. The van der Waals surface area contributed by atoms with Gasteiger partial charge in [0.15, 0.2) is 0 Å². The highest BCUT2D eigenvalue weighted by Gasteiger charge is 2.27. The molecule has 2 rings (SSSR count). The van der Waals surface area contributed by atoms with Gasteiger partial charge in [-0.15, -0.1) is 0 Å². The van der Waals surface area contributed by atoms with Crippen molar-refractivity contribution in [2.75, 3.05) is 5.32 Å². The van der Waals surface area contributed by atoms with E-state index < -0.39 is 0 Å². The predicted molar refractivity (Wildman–Crippen MR) is 80.1 cm³/mol. The highest BCUT2D eigenvalue weighted by molar-refractivity contribution is 5.60. The van der Waals surface area contributed by atoms with E-state index in [0.717, 1.165) is 12.1 Å². The third-order valence-corrected chi connectivity index (χ3v) is 3.25. The van der Waals surface area contributed by atoms with Crippen molar-refractivity contribution >= 4 is 11.5 Å². The maximum atomic E-state index is 11.3. The number of hydrogen-bond acceptors (Lipinski definition) is 5. The molecule has 0 fully saturated rings. The Morgan fingerprint density at radius 3 is 2.81 bits per heavy atom. The number of nitro groups is 1. The Labute approximate surface area is 123 Å². The van der Waals surface area contributed by atoms with Crippen LogP contribution in [0.2, 0.25) is 0 Å². The summed E-state index contributed by atoms with van der Waals surface area (Å²) >= 11 is 0. The highest BCUT2D eigenvalue weighted by Crippen LogP contribution is 2.31. The van der Waals surface area contributed by atoms with Gasteiger partial charge in [0.25, 0.3) is 0 Å². The quantitative estimate of drug-likeness (QED) is 0.652. The molecule has 1 atom stereocenters. The van der Waals surface area contributed by atoms with Gasteiger partial charge in [-0.25, -0.2) is 4.68 Å².